The molecule has 0 spiro atoms. The van der Waals surface area contributed by atoms with Crippen LogP contribution >= 0.6 is 27.5 Å². The van der Waals surface area contributed by atoms with Crippen molar-refractivity contribution < 1.29 is 13.9 Å². The molecule has 2 aromatic rings. The third-order valence-electron chi connectivity index (χ3n) is 3.28. The van der Waals surface area contributed by atoms with Crippen LogP contribution in [-0.2, 0) is 0 Å². The Kier molecular flexibility index (Phi) is 5.32. The molecule has 0 radical (unpaired) electrons. The molecule has 21 heavy (non-hydrogen) atoms. The summed E-state index contributed by atoms with van der Waals surface area (Å²) in [4.78, 5) is 0. The van der Waals surface area contributed by atoms with Gasteiger partial charge in [-0.2, -0.15) is 0 Å². The third-order valence-corrected chi connectivity index (χ3v) is 4.25. The molecule has 6 heteroatoms. The van der Waals surface area contributed by atoms with Crippen LogP contribution in [0.5, 0.6) is 0 Å². The predicted octanol–water partition coefficient (Wildman–Crippen LogP) is 4.16. The van der Waals surface area contributed by atoms with E-state index in [1.807, 2.05) is 0 Å². The Hall–Kier alpha value is -1.01. The Bertz CT molecular complexity index is 654. The summed E-state index contributed by atoms with van der Waals surface area (Å²) >= 11 is 9.06. The molecule has 0 aliphatic carbocycles. The van der Waals surface area contributed by atoms with Crippen LogP contribution in [0.2, 0.25) is 5.02 Å². The monoisotopic (exact) mass is 375 g/mol. The maximum absolute atomic E-state index is 13.6. The lowest BCUT2D eigenvalue weighted by Gasteiger charge is -2.23. The summed E-state index contributed by atoms with van der Waals surface area (Å²) in [5, 5.41) is 10.6. The van der Waals surface area contributed by atoms with E-state index in [-0.39, 0.29) is 11.6 Å². The molecule has 2 nitrogen and oxygen atoms in total. The topological polar surface area (TPSA) is 46.2 Å². The number of halogens is 4. The number of aliphatic hydroxyl groups is 1. The van der Waals surface area contributed by atoms with Gasteiger partial charge in [-0.25, -0.2) is 8.78 Å². The molecule has 0 aliphatic heterocycles. The minimum absolute atomic E-state index is 0.0875. The van der Waals surface area contributed by atoms with Crippen molar-refractivity contribution in [3.8, 4) is 0 Å². The molecule has 2 atom stereocenters. The van der Waals surface area contributed by atoms with Gasteiger partial charge in [-0.05, 0) is 51.3 Å². The number of hydrogen-bond donors (Lipinski definition) is 2. The maximum Gasteiger partial charge on any atom is 0.137 e. The Morgan fingerprint density at radius 1 is 1.19 bits per heavy atom. The van der Waals surface area contributed by atoms with E-state index in [0.717, 1.165) is 6.07 Å². The number of benzene rings is 2. The van der Waals surface area contributed by atoms with Crippen LogP contribution < -0.4 is 5.73 Å². The fraction of sp³-hybridized carbons (Fsp3) is 0.200. The van der Waals surface area contributed by atoms with Gasteiger partial charge in [0.15, 0.2) is 0 Å². The molecule has 2 aromatic carbocycles. The second kappa shape index (κ2) is 6.83. The molecular formula is C15H13BrClF2NO. The van der Waals surface area contributed by atoms with E-state index in [4.69, 9.17) is 17.3 Å². The van der Waals surface area contributed by atoms with Crippen molar-refractivity contribution in [1.29, 1.82) is 0 Å². The van der Waals surface area contributed by atoms with Gasteiger partial charge in [-0.15, -0.1) is 0 Å². The third kappa shape index (κ3) is 3.61. The van der Waals surface area contributed by atoms with Crippen LogP contribution in [-0.4, -0.2) is 11.7 Å². The quantitative estimate of drug-likeness (QED) is 0.842. The standard InChI is InChI=1S/C15H13BrClF2NO/c16-12-4-1-8(5-14(12)19)15(21)11(7-20)10-3-2-9(18)6-13(10)17/h1-6,11,15,21H,7,20H2. The van der Waals surface area contributed by atoms with E-state index in [1.165, 1.54) is 24.3 Å². The molecule has 0 aromatic heterocycles. The van der Waals surface area contributed by atoms with Crippen molar-refractivity contribution in [3.63, 3.8) is 0 Å². The smallest absolute Gasteiger partial charge is 0.137 e. The SMILES string of the molecule is NCC(c1ccc(F)cc1Cl)C(O)c1ccc(Br)c(F)c1. The summed E-state index contributed by atoms with van der Waals surface area (Å²) in [5.41, 5.74) is 6.61. The van der Waals surface area contributed by atoms with Gasteiger partial charge in [0.25, 0.3) is 0 Å². The van der Waals surface area contributed by atoms with Gasteiger partial charge >= 0.3 is 0 Å². The van der Waals surface area contributed by atoms with Crippen LogP contribution in [0, 0.1) is 11.6 Å². The van der Waals surface area contributed by atoms with Gasteiger partial charge in [0, 0.05) is 17.5 Å². The van der Waals surface area contributed by atoms with Crippen LogP contribution in [0.1, 0.15) is 23.1 Å². The summed E-state index contributed by atoms with van der Waals surface area (Å²) in [6.07, 6.45) is -1.04. The first-order valence-corrected chi connectivity index (χ1v) is 7.39. The number of hydrogen-bond acceptors (Lipinski definition) is 2. The van der Waals surface area contributed by atoms with E-state index < -0.39 is 23.7 Å². The number of rotatable bonds is 4. The van der Waals surface area contributed by atoms with Crippen molar-refractivity contribution in [1.82, 2.24) is 0 Å². The second-order valence-corrected chi connectivity index (χ2v) is 5.89. The Labute approximate surface area is 134 Å². The molecule has 0 heterocycles. The molecule has 3 N–H and O–H groups in total. The molecule has 0 fully saturated rings. The number of nitrogens with two attached hydrogens (primary N) is 1. The van der Waals surface area contributed by atoms with E-state index in [1.54, 1.807) is 6.07 Å². The van der Waals surface area contributed by atoms with Gasteiger partial charge < -0.3 is 10.8 Å². The molecule has 112 valence electrons. The van der Waals surface area contributed by atoms with E-state index in [0.29, 0.717) is 15.6 Å². The zero-order valence-electron chi connectivity index (χ0n) is 10.9. The Morgan fingerprint density at radius 3 is 2.48 bits per heavy atom. The van der Waals surface area contributed by atoms with Crippen molar-refractivity contribution in [3.05, 3.63) is 68.7 Å². The van der Waals surface area contributed by atoms with Gasteiger partial charge in [-0.1, -0.05) is 23.7 Å². The first kappa shape index (κ1) is 16.4. The van der Waals surface area contributed by atoms with Crippen molar-refractivity contribution in [2.45, 2.75) is 12.0 Å². The van der Waals surface area contributed by atoms with Crippen LogP contribution in [0.4, 0.5) is 8.78 Å². The largest absolute Gasteiger partial charge is 0.388 e. The molecule has 0 saturated carbocycles. The van der Waals surface area contributed by atoms with Crippen LogP contribution in [0.25, 0.3) is 0 Å². The van der Waals surface area contributed by atoms with Gasteiger partial charge in [0.1, 0.15) is 11.6 Å². The average molecular weight is 377 g/mol. The molecule has 2 rings (SSSR count). The second-order valence-electron chi connectivity index (χ2n) is 4.63. The minimum Gasteiger partial charge on any atom is -0.388 e. The average Bonchev–Trinajstić information content (AvgIpc) is 2.44. The summed E-state index contributed by atoms with van der Waals surface area (Å²) in [6.45, 7) is 0.0875. The molecule has 0 saturated heterocycles. The molecule has 0 aliphatic rings. The molecular weight excluding hydrogens is 364 g/mol. The Balaban J connectivity index is 2.37. The minimum atomic E-state index is -1.04. The van der Waals surface area contributed by atoms with Crippen molar-refractivity contribution in [2.24, 2.45) is 5.73 Å². The molecule has 0 bridgehead atoms. The van der Waals surface area contributed by atoms with E-state index in [9.17, 15) is 13.9 Å². The lowest BCUT2D eigenvalue weighted by molar-refractivity contribution is 0.147. The van der Waals surface area contributed by atoms with Gasteiger partial charge in [0.2, 0.25) is 0 Å². The summed E-state index contributed by atoms with van der Waals surface area (Å²) < 4.78 is 27.0. The van der Waals surface area contributed by atoms with Crippen LogP contribution in [0.15, 0.2) is 40.9 Å². The number of aliphatic hydroxyl groups excluding tert-OH is 1. The van der Waals surface area contributed by atoms with Gasteiger partial charge in [0.05, 0.1) is 10.6 Å². The lowest BCUT2D eigenvalue weighted by atomic mass is 9.89. The van der Waals surface area contributed by atoms with E-state index >= 15 is 0 Å². The highest BCUT2D eigenvalue weighted by Crippen LogP contribution is 2.35. The normalized spacial score (nSPS) is 14.0. The zero-order valence-corrected chi connectivity index (χ0v) is 13.2. The predicted molar refractivity (Wildman–Crippen MR) is 82.3 cm³/mol. The van der Waals surface area contributed by atoms with Crippen LogP contribution in [0.3, 0.4) is 0 Å². The Morgan fingerprint density at radius 2 is 1.90 bits per heavy atom. The highest BCUT2D eigenvalue weighted by molar-refractivity contribution is 9.10. The summed E-state index contributed by atoms with van der Waals surface area (Å²) in [6, 6.07) is 8.22. The molecule has 0 amide bonds. The van der Waals surface area contributed by atoms with E-state index in [2.05, 4.69) is 15.9 Å². The van der Waals surface area contributed by atoms with Crippen molar-refractivity contribution in [2.75, 3.05) is 6.54 Å². The lowest BCUT2D eigenvalue weighted by Crippen LogP contribution is -2.20. The first-order valence-electron chi connectivity index (χ1n) is 6.22. The summed E-state index contributed by atoms with van der Waals surface area (Å²) in [7, 11) is 0. The fourth-order valence-electron chi connectivity index (χ4n) is 2.16. The highest BCUT2D eigenvalue weighted by Gasteiger charge is 2.24. The maximum atomic E-state index is 13.6. The van der Waals surface area contributed by atoms with Gasteiger partial charge in [-0.3, -0.25) is 0 Å². The van der Waals surface area contributed by atoms with Crippen molar-refractivity contribution >= 4 is 27.5 Å². The summed E-state index contributed by atoms with van der Waals surface area (Å²) in [5.74, 6) is -1.50. The highest BCUT2D eigenvalue weighted by atomic mass is 79.9. The fourth-order valence-corrected chi connectivity index (χ4v) is 2.71. The molecule has 2 unspecified atom stereocenters. The first-order chi connectivity index (χ1) is 9.93. The zero-order chi connectivity index (χ0) is 15.6.